The maximum atomic E-state index is 12.4. The molecular formula is C23H24ClN5O2S. The third kappa shape index (κ3) is 6.21. The summed E-state index contributed by atoms with van der Waals surface area (Å²) in [5, 5.41) is 15.2. The highest BCUT2D eigenvalue weighted by atomic mass is 35.5. The van der Waals surface area contributed by atoms with Crippen LogP contribution < -0.4 is 10.6 Å². The van der Waals surface area contributed by atoms with Crippen LogP contribution in [-0.4, -0.2) is 32.3 Å². The molecular weight excluding hydrogens is 446 g/mol. The van der Waals surface area contributed by atoms with Crippen molar-refractivity contribution in [2.24, 2.45) is 0 Å². The van der Waals surface area contributed by atoms with Crippen LogP contribution in [0.15, 0.2) is 60.3 Å². The topological polar surface area (TPSA) is 88.9 Å². The van der Waals surface area contributed by atoms with E-state index < -0.39 is 0 Å². The van der Waals surface area contributed by atoms with Crippen LogP contribution in [-0.2, 0) is 17.9 Å². The number of carbonyl (C=O) groups is 2. The van der Waals surface area contributed by atoms with Gasteiger partial charge in [0, 0.05) is 22.8 Å². The number of aryl methyl sites for hydroxylation is 2. The number of nitrogens with one attached hydrogen (secondary N) is 2. The smallest absolute Gasteiger partial charge is 0.251 e. The molecule has 0 radical (unpaired) electrons. The Hall–Kier alpha value is -3.10. The van der Waals surface area contributed by atoms with E-state index in [1.165, 1.54) is 11.8 Å². The molecule has 2 aromatic carbocycles. The highest BCUT2D eigenvalue weighted by Crippen LogP contribution is 2.20. The molecule has 1 aromatic heterocycles. The molecule has 0 spiro atoms. The van der Waals surface area contributed by atoms with Gasteiger partial charge in [-0.3, -0.25) is 9.59 Å². The first-order valence-electron chi connectivity index (χ1n) is 9.94. The monoisotopic (exact) mass is 469 g/mol. The lowest BCUT2D eigenvalue weighted by atomic mass is 10.1. The van der Waals surface area contributed by atoms with Gasteiger partial charge in [0.15, 0.2) is 11.0 Å². The summed E-state index contributed by atoms with van der Waals surface area (Å²) in [5.74, 6) is 0.350. The zero-order valence-corrected chi connectivity index (χ0v) is 19.5. The number of benzene rings is 2. The number of hydrogen-bond acceptors (Lipinski definition) is 5. The van der Waals surface area contributed by atoms with Crippen LogP contribution in [0.1, 0.15) is 27.3 Å². The first-order chi connectivity index (χ1) is 15.4. The first-order valence-corrected chi connectivity index (χ1v) is 11.3. The highest BCUT2D eigenvalue weighted by molar-refractivity contribution is 7.99. The fourth-order valence-electron chi connectivity index (χ4n) is 3.03. The summed E-state index contributed by atoms with van der Waals surface area (Å²) >= 11 is 7.23. The molecule has 0 fully saturated rings. The Morgan fingerprint density at radius 1 is 1.19 bits per heavy atom. The first kappa shape index (κ1) is 23.6. The summed E-state index contributed by atoms with van der Waals surface area (Å²) in [6.45, 7) is 8.38. The molecule has 0 aliphatic carbocycles. The normalized spacial score (nSPS) is 10.6. The molecule has 1 heterocycles. The predicted octanol–water partition coefficient (Wildman–Crippen LogP) is 4.40. The molecule has 0 atom stereocenters. The van der Waals surface area contributed by atoms with E-state index in [0.29, 0.717) is 28.1 Å². The third-order valence-electron chi connectivity index (χ3n) is 4.59. The van der Waals surface area contributed by atoms with Crippen molar-refractivity contribution in [1.82, 2.24) is 20.1 Å². The van der Waals surface area contributed by atoms with E-state index >= 15 is 0 Å². The maximum Gasteiger partial charge on any atom is 0.251 e. The van der Waals surface area contributed by atoms with Crippen LogP contribution in [0.3, 0.4) is 0 Å². The second-order valence-corrected chi connectivity index (χ2v) is 8.53. The minimum Gasteiger partial charge on any atom is -0.345 e. The fraction of sp³-hybridized carbons (Fsp3) is 0.217. The molecule has 2 N–H and O–H groups in total. The maximum absolute atomic E-state index is 12.4. The number of thioether (sulfide) groups is 1. The van der Waals surface area contributed by atoms with Gasteiger partial charge in [0.1, 0.15) is 0 Å². The average Bonchev–Trinajstić information content (AvgIpc) is 3.14. The van der Waals surface area contributed by atoms with Gasteiger partial charge in [-0.05, 0) is 43.7 Å². The Labute approximate surface area is 196 Å². The molecule has 2 amide bonds. The van der Waals surface area contributed by atoms with Gasteiger partial charge in [-0.25, -0.2) is 0 Å². The van der Waals surface area contributed by atoms with Gasteiger partial charge in [-0.15, -0.1) is 16.8 Å². The summed E-state index contributed by atoms with van der Waals surface area (Å²) in [4.78, 5) is 24.8. The second-order valence-electron chi connectivity index (χ2n) is 7.15. The lowest BCUT2D eigenvalue weighted by Gasteiger charge is -2.10. The SMILES string of the molecule is C=CCn1c(CNC(=O)c2cccc(Cl)c2)nnc1SCC(=O)Nc1ccc(C)cc1C. The summed E-state index contributed by atoms with van der Waals surface area (Å²) < 4.78 is 1.82. The Morgan fingerprint density at radius 2 is 2.00 bits per heavy atom. The van der Waals surface area contributed by atoms with E-state index in [2.05, 4.69) is 27.4 Å². The van der Waals surface area contributed by atoms with Crippen molar-refractivity contribution in [2.45, 2.75) is 32.1 Å². The molecule has 166 valence electrons. The number of hydrogen-bond donors (Lipinski definition) is 2. The zero-order valence-electron chi connectivity index (χ0n) is 17.9. The predicted molar refractivity (Wildman–Crippen MR) is 128 cm³/mol. The van der Waals surface area contributed by atoms with Crippen LogP contribution in [0, 0.1) is 13.8 Å². The van der Waals surface area contributed by atoms with Crippen molar-refractivity contribution in [3.8, 4) is 0 Å². The standard InChI is InChI=1S/C23H24ClN5O2S/c1-4-10-29-20(13-25-22(31)17-6-5-7-18(24)12-17)27-28-23(29)32-14-21(30)26-19-9-8-15(2)11-16(19)3/h4-9,11-12H,1,10,13-14H2,2-3H3,(H,25,31)(H,26,30). The highest BCUT2D eigenvalue weighted by Gasteiger charge is 2.15. The third-order valence-corrected chi connectivity index (χ3v) is 5.79. The molecule has 3 aromatic rings. The van der Waals surface area contributed by atoms with Gasteiger partial charge in [0.2, 0.25) is 5.91 Å². The summed E-state index contributed by atoms with van der Waals surface area (Å²) in [5.41, 5.74) is 3.40. The van der Waals surface area contributed by atoms with Crippen molar-refractivity contribution < 1.29 is 9.59 Å². The molecule has 7 nitrogen and oxygen atoms in total. The summed E-state index contributed by atoms with van der Waals surface area (Å²) in [6, 6.07) is 12.6. The number of carbonyl (C=O) groups excluding carboxylic acids is 2. The minimum atomic E-state index is -0.261. The van der Waals surface area contributed by atoms with Gasteiger partial charge in [0.05, 0.1) is 12.3 Å². The number of anilines is 1. The zero-order chi connectivity index (χ0) is 23.1. The molecule has 0 aliphatic rings. The van der Waals surface area contributed by atoms with E-state index in [9.17, 15) is 9.59 Å². The Kier molecular flexibility index (Phi) is 8.08. The van der Waals surface area contributed by atoms with Crippen LogP contribution in [0.4, 0.5) is 5.69 Å². The molecule has 3 rings (SSSR count). The Bertz CT molecular complexity index is 1150. The molecule has 0 aliphatic heterocycles. The Morgan fingerprint density at radius 3 is 2.72 bits per heavy atom. The van der Waals surface area contributed by atoms with Crippen molar-refractivity contribution in [2.75, 3.05) is 11.1 Å². The fourth-order valence-corrected chi connectivity index (χ4v) is 3.99. The number of halogens is 1. The number of aromatic nitrogens is 3. The van der Waals surface area contributed by atoms with E-state index in [0.717, 1.165) is 16.8 Å². The molecule has 0 saturated carbocycles. The molecule has 9 heteroatoms. The van der Waals surface area contributed by atoms with Crippen LogP contribution in [0.2, 0.25) is 5.02 Å². The van der Waals surface area contributed by atoms with Crippen molar-refractivity contribution >= 4 is 40.9 Å². The lowest BCUT2D eigenvalue weighted by molar-refractivity contribution is -0.113. The van der Waals surface area contributed by atoms with Gasteiger partial charge in [0.25, 0.3) is 5.91 Å². The van der Waals surface area contributed by atoms with Crippen molar-refractivity contribution in [1.29, 1.82) is 0 Å². The number of amides is 2. The van der Waals surface area contributed by atoms with Gasteiger partial charge in [-0.1, -0.05) is 53.2 Å². The van der Waals surface area contributed by atoms with Gasteiger partial charge < -0.3 is 15.2 Å². The van der Waals surface area contributed by atoms with Crippen LogP contribution in [0.25, 0.3) is 0 Å². The van der Waals surface area contributed by atoms with E-state index in [1.807, 2.05) is 36.6 Å². The summed E-state index contributed by atoms with van der Waals surface area (Å²) in [7, 11) is 0. The number of allylic oxidation sites excluding steroid dienone is 1. The second kappa shape index (κ2) is 11.0. The van der Waals surface area contributed by atoms with E-state index in [-0.39, 0.29) is 24.1 Å². The summed E-state index contributed by atoms with van der Waals surface area (Å²) in [6.07, 6.45) is 1.71. The van der Waals surface area contributed by atoms with Crippen molar-refractivity contribution in [3.05, 3.63) is 82.7 Å². The lowest BCUT2D eigenvalue weighted by Crippen LogP contribution is -2.24. The molecule has 0 bridgehead atoms. The van der Waals surface area contributed by atoms with Crippen LogP contribution in [0.5, 0.6) is 0 Å². The average molecular weight is 470 g/mol. The molecule has 0 saturated heterocycles. The minimum absolute atomic E-state index is 0.133. The molecule has 32 heavy (non-hydrogen) atoms. The van der Waals surface area contributed by atoms with E-state index in [4.69, 9.17) is 11.6 Å². The number of rotatable bonds is 9. The Balaban J connectivity index is 1.61. The van der Waals surface area contributed by atoms with Gasteiger partial charge in [-0.2, -0.15) is 0 Å². The van der Waals surface area contributed by atoms with Crippen molar-refractivity contribution in [3.63, 3.8) is 0 Å². The molecule has 0 unspecified atom stereocenters. The van der Waals surface area contributed by atoms with Crippen LogP contribution >= 0.6 is 23.4 Å². The van der Waals surface area contributed by atoms with E-state index in [1.54, 1.807) is 30.3 Å². The largest absolute Gasteiger partial charge is 0.345 e. The quantitative estimate of drug-likeness (QED) is 0.358. The van der Waals surface area contributed by atoms with Gasteiger partial charge >= 0.3 is 0 Å². The number of nitrogens with zero attached hydrogens (tertiary/aromatic N) is 3.